The molecule has 0 heteroatoms. The van der Waals surface area contributed by atoms with Gasteiger partial charge in [0.05, 0.1) is 0 Å². The second-order valence-electron chi connectivity index (χ2n) is 7.41. The predicted octanol–water partition coefficient (Wildman–Crippen LogP) is 6.86. The minimum absolute atomic E-state index is 0.316. The average Bonchev–Trinajstić information content (AvgIpc) is 3.23. The summed E-state index contributed by atoms with van der Waals surface area (Å²) in [6, 6.07) is 0. The van der Waals surface area contributed by atoms with E-state index in [2.05, 4.69) is 69.4 Å². The second kappa shape index (κ2) is 8.56. The predicted molar refractivity (Wildman–Crippen MR) is 98.8 cm³/mol. The third-order valence-corrected chi connectivity index (χ3v) is 5.99. The van der Waals surface area contributed by atoms with E-state index in [4.69, 9.17) is 0 Å². The second-order valence-corrected chi connectivity index (χ2v) is 7.41. The van der Waals surface area contributed by atoms with Crippen LogP contribution in [0.25, 0.3) is 0 Å². The third kappa shape index (κ3) is 4.03. The smallest absolute Gasteiger partial charge is 0.00178 e. The van der Waals surface area contributed by atoms with Crippen molar-refractivity contribution in [2.24, 2.45) is 23.2 Å². The average molecular weight is 299 g/mol. The summed E-state index contributed by atoms with van der Waals surface area (Å²) >= 11 is 0. The maximum absolute atomic E-state index is 2.50. The minimum atomic E-state index is 0.316. The fourth-order valence-corrected chi connectivity index (χ4v) is 4.11. The Hall–Kier alpha value is -1.04. The first kappa shape index (κ1) is 17.3. The van der Waals surface area contributed by atoms with Crippen molar-refractivity contribution in [1.29, 1.82) is 0 Å². The fraction of sp³-hybridized carbons (Fsp3) is 0.636. The zero-order valence-electron chi connectivity index (χ0n) is 14.8. The maximum Gasteiger partial charge on any atom is 0.00178 e. The van der Waals surface area contributed by atoms with Crippen LogP contribution in [0.2, 0.25) is 0 Å². The van der Waals surface area contributed by atoms with Gasteiger partial charge in [0.1, 0.15) is 0 Å². The molecule has 0 nitrogen and oxygen atoms in total. The topological polar surface area (TPSA) is 0 Å². The van der Waals surface area contributed by atoms with Crippen LogP contribution in [0.4, 0.5) is 0 Å². The molecule has 2 aliphatic rings. The number of rotatable bonds is 10. The van der Waals surface area contributed by atoms with Crippen LogP contribution in [0.3, 0.4) is 0 Å². The molecule has 1 unspecified atom stereocenters. The molecular weight excluding hydrogens is 264 g/mol. The summed E-state index contributed by atoms with van der Waals surface area (Å²) < 4.78 is 0. The molecule has 2 aliphatic carbocycles. The van der Waals surface area contributed by atoms with E-state index in [0.717, 1.165) is 5.92 Å². The first-order chi connectivity index (χ1) is 10.7. The molecule has 0 aromatic heterocycles. The standard InChI is InChI=1S/C22H34/c1-4-5-6-7-8-9-14-19(2)22(3,20-15-10-11-16-20)21-17-12-13-18-21/h10-13,15-21H,4-9,14H2,1-3H3. The van der Waals surface area contributed by atoms with Crippen LogP contribution in [0.5, 0.6) is 0 Å². The number of unbranched alkanes of at least 4 members (excludes halogenated alkanes) is 5. The maximum atomic E-state index is 2.50. The molecule has 0 fully saturated rings. The van der Waals surface area contributed by atoms with E-state index < -0.39 is 0 Å². The van der Waals surface area contributed by atoms with E-state index in [1.54, 1.807) is 0 Å². The molecule has 0 saturated carbocycles. The van der Waals surface area contributed by atoms with Crippen LogP contribution in [-0.4, -0.2) is 0 Å². The third-order valence-electron chi connectivity index (χ3n) is 5.99. The van der Waals surface area contributed by atoms with Gasteiger partial charge in [-0.15, -0.1) is 0 Å². The van der Waals surface area contributed by atoms with E-state index in [1.165, 1.54) is 44.9 Å². The summed E-state index contributed by atoms with van der Waals surface area (Å²) in [6.45, 7) is 7.27. The molecule has 0 heterocycles. The number of hydrogen-bond donors (Lipinski definition) is 0. The largest absolute Gasteiger partial charge is 0.0770 e. The molecule has 0 spiro atoms. The summed E-state index contributed by atoms with van der Waals surface area (Å²) in [7, 11) is 0. The quantitative estimate of drug-likeness (QED) is 0.386. The highest BCUT2D eigenvalue weighted by molar-refractivity contribution is 5.28. The Morgan fingerprint density at radius 2 is 1.23 bits per heavy atom. The fourth-order valence-electron chi connectivity index (χ4n) is 4.11. The van der Waals surface area contributed by atoms with Gasteiger partial charge in [0.2, 0.25) is 0 Å². The van der Waals surface area contributed by atoms with Crippen molar-refractivity contribution in [2.75, 3.05) is 0 Å². The van der Waals surface area contributed by atoms with Crippen molar-refractivity contribution in [3.8, 4) is 0 Å². The molecule has 0 radical (unpaired) electrons. The summed E-state index contributed by atoms with van der Waals surface area (Å²) in [6.07, 6.45) is 28.3. The molecule has 2 rings (SSSR count). The van der Waals surface area contributed by atoms with Crippen LogP contribution in [-0.2, 0) is 0 Å². The Labute approximate surface area is 138 Å². The number of hydrogen-bond acceptors (Lipinski definition) is 0. The van der Waals surface area contributed by atoms with Crippen LogP contribution >= 0.6 is 0 Å². The van der Waals surface area contributed by atoms with Crippen LogP contribution < -0.4 is 0 Å². The van der Waals surface area contributed by atoms with Gasteiger partial charge < -0.3 is 0 Å². The lowest BCUT2D eigenvalue weighted by molar-refractivity contribution is 0.114. The van der Waals surface area contributed by atoms with E-state index in [-0.39, 0.29) is 0 Å². The minimum Gasteiger partial charge on any atom is -0.0770 e. The zero-order valence-corrected chi connectivity index (χ0v) is 14.8. The normalized spacial score (nSPS) is 19.6. The highest BCUT2D eigenvalue weighted by atomic mass is 14.5. The molecule has 22 heavy (non-hydrogen) atoms. The number of allylic oxidation sites excluding steroid dienone is 8. The van der Waals surface area contributed by atoms with Crippen molar-refractivity contribution in [3.05, 3.63) is 48.6 Å². The van der Waals surface area contributed by atoms with Gasteiger partial charge in [0, 0.05) is 11.8 Å². The summed E-state index contributed by atoms with van der Waals surface area (Å²) in [4.78, 5) is 0. The molecule has 0 N–H and O–H groups in total. The van der Waals surface area contributed by atoms with E-state index in [1.807, 2.05) is 0 Å². The van der Waals surface area contributed by atoms with Crippen molar-refractivity contribution in [3.63, 3.8) is 0 Å². The molecular formula is C22H34. The molecule has 0 aromatic rings. The molecule has 0 aliphatic heterocycles. The van der Waals surface area contributed by atoms with Crippen LogP contribution in [0.1, 0.15) is 65.7 Å². The van der Waals surface area contributed by atoms with Gasteiger partial charge >= 0.3 is 0 Å². The zero-order chi connectivity index (χ0) is 15.8. The summed E-state index contributed by atoms with van der Waals surface area (Å²) in [5.41, 5.74) is 0.316. The summed E-state index contributed by atoms with van der Waals surface area (Å²) in [5, 5.41) is 0. The van der Waals surface area contributed by atoms with Crippen LogP contribution in [0, 0.1) is 23.2 Å². The van der Waals surface area contributed by atoms with E-state index >= 15 is 0 Å². The van der Waals surface area contributed by atoms with Gasteiger partial charge in [-0.3, -0.25) is 0 Å². The first-order valence-electron chi connectivity index (χ1n) is 9.39. The lowest BCUT2D eigenvalue weighted by Crippen LogP contribution is -2.37. The van der Waals surface area contributed by atoms with Gasteiger partial charge in [-0.25, -0.2) is 0 Å². The Morgan fingerprint density at radius 1 is 0.773 bits per heavy atom. The van der Waals surface area contributed by atoms with Crippen molar-refractivity contribution in [1.82, 2.24) is 0 Å². The van der Waals surface area contributed by atoms with Gasteiger partial charge in [0.25, 0.3) is 0 Å². The molecule has 0 saturated heterocycles. The van der Waals surface area contributed by atoms with Crippen molar-refractivity contribution in [2.45, 2.75) is 65.7 Å². The molecule has 0 bridgehead atoms. The van der Waals surface area contributed by atoms with E-state index in [9.17, 15) is 0 Å². The Balaban J connectivity index is 1.90. The Morgan fingerprint density at radius 3 is 1.73 bits per heavy atom. The highest BCUT2D eigenvalue weighted by Gasteiger charge is 2.42. The Bertz CT molecular complexity index is 383. The lowest BCUT2D eigenvalue weighted by Gasteiger charge is -2.43. The van der Waals surface area contributed by atoms with Crippen LogP contribution in [0.15, 0.2) is 48.6 Å². The molecule has 1 atom stereocenters. The first-order valence-corrected chi connectivity index (χ1v) is 9.39. The Kier molecular flexibility index (Phi) is 6.73. The highest BCUT2D eigenvalue weighted by Crippen LogP contribution is 2.49. The monoisotopic (exact) mass is 298 g/mol. The molecule has 122 valence electrons. The van der Waals surface area contributed by atoms with Gasteiger partial charge in [-0.2, -0.15) is 0 Å². The van der Waals surface area contributed by atoms with Gasteiger partial charge in [0.15, 0.2) is 0 Å². The van der Waals surface area contributed by atoms with Gasteiger partial charge in [-0.1, -0.05) is 114 Å². The summed E-state index contributed by atoms with van der Waals surface area (Å²) in [5.74, 6) is 1.91. The molecule has 0 aromatic carbocycles. The SMILES string of the molecule is CCCCCCCCC(C)C(C)(C1C=CC=C1)C1C=CC=C1. The molecule has 0 amide bonds. The van der Waals surface area contributed by atoms with Crippen molar-refractivity contribution >= 4 is 0 Å². The van der Waals surface area contributed by atoms with Crippen molar-refractivity contribution < 1.29 is 0 Å². The lowest BCUT2D eigenvalue weighted by atomic mass is 9.60. The van der Waals surface area contributed by atoms with E-state index in [0.29, 0.717) is 17.3 Å². The van der Waals surface area contributed by atoms with Gasteiger partial charge in [-0.05, 0) is 11.3 Å².